The van der Waals surface area contributed by atoms with Crippen molar-refractivity contribution in [3.05, 3.63) is 26.6 Å². The number of thiophene rings is 1. The van der Waals surface area contributed by atoms with Crippen LogP contribution < -0.4 is 10.9 Å². The van der Waals surface area contributed by atoms with Gasteiger partial charge in [-0.25, -0.2) is 4.98 Å². The van der Waals surface area contributed by atoms with Crippen LogP contribution in [0.3, 0.4) is 0 Å². The molecule has 25 heavy (non-hydrogen) atoms. The molecule has 0 atom stereocenters. The summed E-state index contributed by atoms with van der Waals surface area (Å²) in [5.41, 5.74) is 1.20. The average Bonchev–Trinajstić information content (AvgIpc) is 3.16. The zero-order valence-electron chi connectivity index (χ0n) is 14.7. The summed E-state index contributed by atoms with van der Waals surface area (Å²) in [6.07, 6.45) is 3.72. The van der Waals surface area contributed by atoms with Crippen molar-refractivity contribution >= 4 is 39.2 Å². The molecule has 0 saturated heterocycles. The van der Waals surface area contributed by atoms with Crippen molar-refractivity contribution in [1.82, 2.24) is 20.2 Å². The van der Waals surface area contributed by atoms with Gasteiger partial charge in [-0.2, -0.15) is 11.8 Å². The number of nitrogens with one attached hydrogen (secondary N) is 2. The van der Waals surface area contributed by atoms with Crippen molar-refractivity contribution in [2.75, 3.05) is 32.9 Å². The molecule has 0 fully saturated rings. The fourth-order valence-corrected chi connectivity index (χ4v) is 5.11. The van der Waals surface area contributed by atoms with E-state index >= 15 is 0 Å². The highest BCUT2D eigenvalue weighted by Gasteiger charge is 2.21. The second kappa shape index (κ2) is 8.33. The van der Waals surface area contributed by atoms with Crippen LogP contribution in [0.25, 0.3) is 10.2 Å². The van der Waals surface area contributed by atoms with Crippen LogP contribution in [0.2, 0.25) is 0 Å². The molecule has 2 aromatic heterocycles. The Hall–Kier alpha value is -1.38. The SMILES string of the molecule is CNCCN(C)C(=O)CCSCc1nc2sc3c(c2c(=O)[nH]1)CCC3. The van der Waals surface area contributed by atoms with E-state index in [0.717, 1.165) is 41.8 Å². The van der Waals surface area contributed by atoms with Crippen molar-refractivity contribution in [3.63, 3.8) is 0 Å². The number of aromatic nitrogens is 2. The predicted octanol–water partition coefficient (Wildman–Crippen LogP) is 1.77. The predicted molar refractivity (Wildman–Crippen MR) is 105 cm³/mol. The number of carbonyl (C=O) groups excluding carboxylic acids is 1. The lowest BCUT2D eigenvalue weighted by molar-refractivity contribution is -0.129. The van der Waals surface area contributed by atoms with Gasteiger partial charge < -0.3 is 15.2 Å². The number of hydrogen-bond acceptors (Lipinski definition) is 6. The van der Waals surface area contributed by atoms with Crippen LogP contribution in [-0.4, -0.2) is 53.7 Å². The number of nitrogens with zero attached hydrogens (tertiary/aromatic N) is 2. The van der Waals surface area contributed by atoms with Gasteiger partial charge in [-0.15, -0.1) is 11.3 Å². The lowest BCUT2D eigenvalue weighted by Crippen LogP contribution is -2.32. The van der Waals surface area contributed by atoms with Crippen molar-refractivity contribution in [1.29, 1.82) is 0 Å². The minimum Gasteiger partial charge on any atom is -0.344 e. The Labute approximate surface area is 155 Å². The quantitative estimate of drug-likeness (QED) is 0.683. The third-order valence-corrected chi connectivity index (χ3v) is 6.60. The molecule has 6 nitrogen and oxygen atoms in total. The van der Waals surface area contributed by atoms with Gasteiger partial charge in [-0.1, -0.05) is 0 Å². The lowest BCUT2D eigenvalue weighted by Gasteiger charge is -2.16. The largest absolute Gasteiger partial charge is 0.344 e. The molecular formula is C17H24N4O2S2. The molecule has 0 bridgehead atoms. The van der Waals surface area contributed by atoms with Gasteiger partial charge in [-0.3, -0.25) is 9.59 Å². The summed E-state index contributed by atoms with van der Waals surface area (Å²) in [7, 11) is 3.70. The van der Waals surface area contributed by atoms with Crippen LogP contribution in [0.5, 0.6) is 0 Å². The minimum atomic E-state index is -0.0112. The van der Waals surface area contributed by atoms with E-state index in [4.69, 9.17) is 0 Å². The van der Waals surface area contributed by atoms with Crippen LogP contribution in [-0.2, 0) is 23.4 Å². The summed E-state index contributed by atoms with van der Waals surface area (Å²) in [6, 6.07) is 0. The minimum absolute atomic E-state index is 0.0112. The second-order valence-corrected chi connectivity index (χ2v) is 8.46. The normalized spacial score (nSPS) is 13.4. The molecule has 0 spiro atoms. The smallest absolute Gasteiger partial charge is 0.259 e. The zero-order valence-corrected chi connectivity index (χ0v) is 16.3. The van der Waals surface area contributed by atoms with Gasteiger partial charge in [0.05, 0.1) is 11.1 Å². The highest BCUT2D eigenvalue weighted by atomic mass is 32.2. The van der Waals surface area contributed by atoms with E-state index in [0.29, 0.717) is 24.5 Å². The van der Waals surface area contributed by atoms with Gasteiger partial charge in [0.2, 0.25) is 5.91 Å². The molecule has 1 aliphatic rings. The van der Waals surface area contributed by atoms with Crippen LogP contribution >= 0.6 is 23.1 Å². The van der Waals surface area contributed by atoms with Crippen LogP contribution in [0.15, 0.2) is 4.79 Å². The number of hydrogen-bond donors (Lipinski definition) is 2. The number of carbonyl (C=O) groups is 1. The van der Waals surface area contributed by atoms with Gasteiger partial charge in [0, 0.05) is 37.2 Å². The Balaban J connectivity index is 1.54. The molecule has 0 aliphatic heterocycles. The summed E-state index contributed by atoms with van der Waals surface area (Å²) in [6.45, 7) is 1.51. The van der Waals surface area contributed by atoms with E-state index in [2.05, 4.69) is 15.3 Å². The second-order valence-electron chi connectivity index (χ2n) is 6.27. The first-order valence-electron chi connectivity index (χ1n) is 8.60. The number of likely N-dealkylation sites (N-methyl/N-ethyl adjacent to an activating group) is 2. The Morgan fingerprint density at radius 2 is 2.28 bits per heavy atom. The molecule has 2 aromatic rings. The van der Waals surface area contributed by atoms with Gasteiger partial charge in [0.25, 0.3) is 5.56 Å². The lowest BCUT2D eigenvalue weighted by atomic mass is 10.2. The van der Waals surface area contributed by atoms with E-state index in [-0.39, 0.29) is 11.5 Å². The van der Waals surface area contributed by atoms with Crippen LogP contribution in [0.1, 0.15) is 29.1 Å². The van der Waals surface area contributed by atoms with Crippen molar-refractivity contribution in [2.24, 2.45) is 0 Å². The Morgan fingerprint density at radius 1 is 1.44 bits per heavy atom. The summed E-state index contributed by atoms with van der Waals surface area (Å²) in [4.78, 5) is 35.9. The number of aryl methyl sites for hydroxylation is 2. The fraction of sp³-hybridized carbons (Fsp3) is 0.588. The monoisotopic (exact) mass is 380 g/mol. The zero-order chi connectivity index (χ0) is 17.8. The highest BCUT2D eigenvalue weighted by molar-refractivity contribution is 7.98. The highest BCUT2D eigenvalue weighted by Crippen LogP contribution is 2.34. The third kappa shape index (κ3) is 4.24. The van der Waals surface area contributed by atoms with Gasteiger partial charge in [-0.05, 0) is 31.9 Å². The van der Waals surface area contributed by atoms with Gasteiger partial charge in [0.15, 0.2) is 0 Å². The average molecular weight is 381 g/mol. The first kappa shape index (κ1) is 18.4. The van der Waals surface area contributed by atoms with E-state index in [1.807, 2.05) is 14.1 Å². The third-order valence-electron chi connectivity index (χ3n) is 4.45. The maximum atomic E-state index is 12.4. The molecule has 3 rings (SSSR count). The maximum Gasteiger partial charge on any atom is 0.259 e. The van der Waals surface area contributed by atoms with E-state index in [1.165, 1.54) is 10.4 Å². The topological polar surface area (TPSA) is 78.1 Å². The Morgan fingerprint density at radius 3 is 3.08 bits per heavy atom. The molecule has 0 saturated carbocycles. The molecule has 0 aromatic carbocycles. The number of thioether (sulfide) groups is 1. The van der Waals surface area contributed by atoms with Crippen LogP contribution in [0.4, 0.5) is 0 Å². The molecule has 8 heteroatoms. The number of aromatic amines is 1. The number of H-pyrrole nitrogens is 1. The first-order chi connectivity index (χ1) is 12.1. The van der Waals surface area contributed by atoms with E-state index in [1.54, 1.807) is 28.0 Å². The molecule has 1 amide bonds. The van der Waals surface area contributed by atoms with Gasteiger partial charge >= 0.3 is 0 Å². The van der Waals surface area contributed by atoms with E-state index in [9.17, 15) is 9.59 Å². The summed E-state index contributed by atoms with van der Waals surface area (Å²) >= 11 is 3.30. The Kier molecular flexibility index (Phi) is 6.14. The van der Waals surface area contributed by atoms with Crippen molar-refractivity contribution in [2.45, 2.75) is 31.4 Å². The summed E-state index contributed by atoms with van der Waals surface area (Å²) in [5.74, 6) is 2.21. The molecular weight excluding hydrogens is 356 g/mol. The molecule has 2 heterocycles. The van der Waals surface area contributed by atoms with Crippen molar-refractivity contribution < 1.29 is 4.79 Å². The number of fused-ring (bicyclic) bond motifs is 3. The summed E-state index contributed by atoms with van der Waals surface area (Å²) < 4.78 is 0. The standard InChI is InChI=1S/C17H24N4O2S2/c1-18-7-8-21(2)14(22)6-9-24-10-13-19-16(23)15-11-4-3-5-12(11)25-17(15)20-13/h18H,3-10H2,1-2H3,(H,19,20,23). The maximum absolute atomic E-state index is 12.4. The first-order valence-corrected chi connectivity index (χ1v) is 10.6. The molecule has 0 unspecified atom stereocenters. The number of rotatable bonds is 8. The van der Waals surface area contributed by atoms with Crippen molar-refractivity contribution in [3.8, 4) is 0 Å². The Bertz CT molecular complexity index is 815. The fourth-order valence-electron chi connectivity index (χ4n) is 3.04. The van der Waals surface area contributed by atoms with E-state index < -0.39 is 0 Å². The molecule has 1 aliphatic carbocycles. The van der Waals surface area contributed by atoms with Gasteiger partial charge in [0.1, 0.15) is 10.7 Å². The molecule has 2 N–H and O–H groups in total. The summed E-state index contributed by atoms with van der Waals surface area (Å²) in [5, 5.41) is 3.83. The molecule has 0 radical (unpaired) electrons. The number of amides is 1. The molecule has 136 valence electrons. The van der Waals surface area contributed by atoms with Crippen LogP contribution in [0, 0.1) is 0 Å².